The minimum absolute atomic E-state index is 0.102. The van der Waals surface area contributed by atoms with Crippen LogP contribution in [0.15, 0.2) is 97.1 Å². The van der Waals surface area contributed by atoms with E-state index in [1.807, 2.05) is 0 Å². The van der Waals surface area contributed by atoms with Crippen molar-refractivity contribution >= 4 is 69.6 Å². The second kappa shape index (κ2) is 17.7. The monoisotopic (exact) mass is 658 g/mol. The third kappa shape index (κ3) is 11.7. The number of hydrogen-bond acceptors (Lipinski definition) is 4. The van der Waals surface area contributed by atoms with Crippen molar-refractivity contribution in [3.8, 4) is 0 Å². The summed E-state index contributed by atoms with van der Waals surface area (Å²) in [7, 11) is 0. The maximum absolute atomic E-state index is 12.6. The molecular weight excluding hydrogens is 623 g/mol. The zero-order valence-electron chi connectivity index (χ0n) is 25.3. The largest absolute Gasteiger partial charge is 0.326 e. The van der Waals surface area contributed by atoms with E-state index in [1.165, 1.54) is 0 Å². The fourth-order valence-electron chi connectivity index (χ4n) is 4.74. The summed E-state index contributed by atoms with van der Waals surface area (Å²) in [5, 5.41) is 12.4. The number of benzene rings is 4. The minimum atomic E-state index is -0.292. The molecule has 0 atom stereocenters. The predicted octanol–water partition coefficient (Wildman–Crippen LogP) is 9.20. The molecule has 238 valence electrons. The second-order valence-corrected chi connectivity index (χ2v) is 11.7. The molecule has 8 nitrogen and oxygen atoms in total. The topological polar surface area (TPSA) is 116 Å². The van der Waals surface area contributed by atoms with Gasteiger partial charge in [0.2, 0.25) is 11.8 Å². The minimum Gasteiger partial charge on any atom is -0.326 e. The van der Waals surface area contributed by atoms with Crippen molar-refractivity contribution in [1.29, 1.82) is 0 Å². The van der Waals surface area contributed by atoms with Gasteiger partial charge in [-0.1, -0.05) is 73.2 Å². The summed E-state index contributed by atoms with van der Waals surface area (Å²) in [6, 6.07) is 27.4. The molecule has 0 saturated carbocycles. The van der Waals surface area contributed by atoms with E-state index in [9.17, 15) is 19.2 Å². The van der Waals surface area contributed by atoms with E-state index in [-0.39, 0.29) is 23.6 Å². The van der Waals surface area contributed by atoms with Crippen LogP contribution in [0.1, 0.15) is 72.1 Å². The van der Waals surface area contributed by atoms with E-state index in [1.54, 1.807) is 97.1 Å². The maximum Gasteiger partial charge on any atom is 0.255 e. The molecule has 0 heterocycles. The highest BCUT2D eigenvalue weighted by Crippen LogP contribution is 2.19. The lowest BCUT2D eigenvalue weighted by molar-refractivity contribution is -0.117. The van der Waals surface area contributed by atoms with E-state index < -0.39 is 0 Å². The van der Waals surface area contributed by atoms with Gasteiger partial charge in [0.1, 0.15) is 0 Å². The van der Waals surface area contributed by atoms with Crippen LogP contribution in [0, 0.1) is 0 Å². The molecule has 46 heavy (non-hydrogen) atoms. The Labute approximate surface area is 278 Å². The highest BCUT2D eigenvalue weighted by atomic mass is 35.5. The molecule has 0 aromatic heterocycles. The molecule has 0 saturated heterocycles. The molecule has 0 aliphatic carbocycles. The quantitative estimate of drug-likeness (QED) is 0.0953. The van der Waals surface area contributed by atoms with Gasteiger partial charge in [0.05, 0.1) is 0 Å². The Kier molecular flexibility index (Phi) is 13.2. The lowest BCUT2D eigenvalue weighted by Crippen LogP contribution is -2.14. The van der Waals surface area contributed by atoms with Gasteiger partial charge in [0.15, 0.2) is 0 Å². The van der Waals surface area contributed by atoms with Crippen LogP contribution in [-0.2, 0) is 9.59 Å². The van der Waals surface area contributed by atoms with Crippen LogP contribution in [0.2, 0.25) is 10.0 Å². The van der Waals surface area contributed by atoms with Crippen molar-refractivity contribution < 1.29 is 19.2 Å². The highest BCUT2D eigenvalue weighted by molar-refractivity contribution is 6.31. The lowest BCUT2D eigenvalue weighted by Gasteiger charge is -2.09. The first kappa shape index (κ1) is 34.2. The van der Waals surface area contributed by atoms with Gasteiger partial charge in [-0.05, 0) is 85.6 Å². The first-order valence-corrected chi connectivity index (χ1v) is 15.9. The number of rotatable bonds is 15. The van der Waals surface area contributed by atoms with E-state index in [0.29, 0.717) is 56.8 Å². The van der Waals surface area contributed by atoms with Gasteiger partial charge in [0, 0.05) is 56.8 Å². The van der Waals surface area contributed by atoms with Gasteiger partial charge in [-0.25, -0.2) is 0 Å². The number of hydrogen-bond donors (Lipinski definition) is 4. The van der Waals surface area contributed by atoms with Crippen molar-refractivity contribution in [3.05, 3.63) is 118 Å². The van der Waals surface area contributed by atoms with Gasteiger partial charge >= 0.3 is 0 Å². The highest BCUT2D eigenvalue weighted by Gasteiger charge is 2.11. The Bertz CT molecular complexity index is 1550. The number of amides is 4. The Balaban J connectivity index is 1.07. The number of carbonyl (C=O) groups excluding carboxylic acids is 4. The van der Waals surface area contributed by atoms with Crippen molar-refractivity contribution in [2.75, 3.05) is 21.3 Å². The molecular formula is C36H36Cl2N4O4. The summed E-state index contributed by atoms with van der Waals surface area (Å²) in [5.74, 6) is -0.787. The van der Waals surface area contributed by atoms with Crippen molar-refractivity contribution in [1.82, 2.24) is 0 Å². The molecule has 4 amide bonds. The summed E-state index contributed by atoms with van der Waals surface area (Å²) in [4.78, 5) is 50.1. The first-order chi connectivity index (χ1) is 22.2. The Morgan fingerprint density at radius 1 is 0.435 bits per heavy atom. The summed E-state index contributed by atoms with van der Waals surface area (Å²) in [6.45, 7) is 0. The van der Waals surface area contributed by atoms with Crippen molar-refractivity contribution in [2.24, 2.45) is 0 Å². The summed E-state index contributed by atoms with van der Waals surface area (Å²) in [6.07, 6.45) is 6.03. The Morgan fingerprint density at radius 2 is 0.783 bits per heavy atom. The smallest absolute Gasteiger partial charge is 0.255 e. The molecule has 0 aliphatic heterocycles. The predicted molar refractivity (Wildman–Crippen MR) is 186 cm³/mol. The number of anilines is 4. The van der Waals surface area contributed by atoms with Crippen molar-refractivity contribution in [2.45, 2.75) is 51.4 Å². The van der Waals surface area contributed by atoms with Gasteiger partial charge in [-0.2, -0.15) is 0 Å². The van der Waals surface area contributed by atoms with Crippen LogP contribution in [0.3, 0.4) is 0 Å². The van der Waals surface area contributed by atoms with Gasteiger partial charge in [0.25, 0.3) is 11.8 Å². The molecule has 4 rings (SSSR count). The third-order valence-corrected chi connectivity index (χ3v) is 7.51. The van der Waals surface area contributed by atoms with Crippen LogP contribution < -0.4 is 21.3 Å². The lowest BCUT2D eigenvalue weighted by atomic mass is 10.1. The molecule has 0 bridgehead atoms. The molecule has 0 fully saturated rings. The average molecular weight is 660 g/mol. The van der Waals surface area contributed by atoms with E-state index >= 15 is 0 Å². The van der Waals surface area contributed by atoms with Crippen molar-refractivity contribution in [3.63, 3.8) is 0 Å². The molecule has 4 aromatic rings. The summed E-state index contributed by atoms with van der Waals surface area (Å²) in [5.41, 5.74) is 3.17. The Hall–Kier alpha value is -4.66. The van der Waals surface area contributed by atoms with E-state index in [2.05, 4.69) is 21.3 Å². The van der Waals surface area contributed by atoms with Gasteiger partial charge in [-0.3, -0.25) is 19.2 Å². The molecule has 4 aromatic carbocycles. The number of carbonyl (C=O) groups is 4. The molecule has 10 heteroatoms. The third-order valence-electron chi connectivity index (χ3n) is 7.04. The zero-order chi connectivity index (χ0) is 32.7. The zero-order valence-corrected chi connectivity index (χ0v) is 26.8. The van der Waals surface area contributed by atoms with Crippen LogP contribution in [0.5, 0.6) is 0 Å². The fourth-order valence-corrected chi connectivity index (χ4v) is 5.12. The molecule has 4 N–H and O–H groups in total. The molecule has 0 spiro atoms. The SMILES string of the molecule is O=C(CCCCCCCCC(=O)Nc1cccc(C(=O)Nc2cccc(Cl)c2)c1)Nc1cccc(C(=O)Nc2cccc(Cl)c2)c1. The standard InChI is InChI=1S/C36H36Cl2N4O4/c37-27-13-9-17-31(23-27)41-35(45)25-11-7-15-29(21-25)39-33(43)19-5-3-1-2-4-6-20-34(44)40-30-16-8-12-26(22-30)36(46)42-32-18-10-14-28(38)24-32/h7-18,21-24H,1-6,19-20H2,(H,39,43)(H,40,44)(H,41,45)(H,42,46). The van der Waals surface area contributed by atoms with E-state index in [0.717, 1.165) is 38.5 Å². The van der Waals surface area contributed by atoms with Crippen LogP contribution in [0.4, 0.5) is 22.7 Å². The number of unbranched alkanes of at least 4 members (excludes halogenated alkanes) is 5. The summed E-state index contributed by atoms with van der Waals surface area (Å²) >= 11 is 12.0. The van der Waals surface area contributed by atoms with Crippen LogP contribution in [-0.4, -0.2) is 23.6 Å². The number of nitrogens with one attached hydrogen (secondary N) is 4. The first-order valence-electron chi connectivity index (χ1n) is 15.2. The van der Waals surface area contributed by atoms with E-state index in [4.69, 9.17) is 23.2 Å². The normalized spacial score (nSPS) is 10.6. The molecule has 0 aliphatic rings. The fraction of sp³-hybridized carbons (Fsp3) is 0.222. The second-order valence-electron chi connectivity index (χ2n) is 10.8. The maximum atomic E-state index is 12.6. The molecule has 0 unspecified atom stereocenters. The number of halogens is 2. The summed E-state index contributed by atoms with van der Waals surface area (Å²) < 4.78 is 0. The van der Waals surface area contributed by atoms with Crippen LogP contribution in [0.25, 0.3) is 0 Å². The molecule has 0 radical (unpaired) electrons. The Morgan fingerprint density at radius 3 is 1.17 bits per heavy atom. The average Bonchev–Trinajstić information content (AvgIpc) is 3.02. The van der Waals surface area contributed by atoms with Gasteiger partial charge < -0.3 is 21.3 Å². The van der Waals surface area contributed by atoms with Gasteiger partial charge in [-0.15, -0.1) is 0 Å². The van der Waals surface area contributed by atoms with Crippen LogP contribution >= 0.6 is 23.2 Å².